The van der Waals surface area contributed by atoms with E-state index in [4.69, 9.17) is 20.8 Å². The fraction of sp³-hybridized carbons (Fsp3) is 0.0952. The second-order valence-corrected chi connectivity index (χ2v) is 7.79. The Kier molecular flexibility index (Phi) is 6.34. The summed E-state index contributed by atoms with van der Waals surface area (Å²) >= 11 is 9.39. The van der Waals surface area contributed by atoms with Crippen LogP contribution < -0.4 is 10.1 Å². The number of ether oxygens (including phenoxy) is 1. The van der Waals surface area contributed by atoms with E-state index in [-0.39, 0.29) is 29.9 Å². The van der Waals surface area contributed by atoms with Gasteiger partial charge in [0.25, 0.3) is 5.91 Å². The average Bonchev–Trinajstić information content (AvgIpc) is 3.39. The van der Waals surface area contributed by atoms with E-state index in [1.54, 1.807) is 18.2 Å². The standard InChI is InChI=1S/C21H15BrClFN4O3/c22-14-2-5-16(6-3-14)30-11-17-7-8-19(31-17)20(29)26-21-25-12-28(27-21)10-13-1-4-15(24)9-18(13)23/h1-9,12H,10-11H2,(H,26,27,29). The van der Waals surface area contributed by atoms with Crippen molar-refractivity contribution in [3.05, 3.63) is 93.3 Å². The molecule has 1 N–H and O–H groups in total. The van der Waals surface area contributed by atoms with Crippen molar-refractivity contribution in [2.24, 2.45) is 0 Å². The Hall–Kier alpha value is -3.17. The molecular weight excluding hydrogens is 491 g/mol. The highest BCUT2D eigenvalue weighted by atomic mass is 79.9. The lowest BCUT2D eigenvalue weighted by molar-refractivity contribution is 0.0991. The molecule has 0 atom stereocenters. The number of nitrogens with one attached hydrogen (secondary N) is 1. The van der Waals surface area contributed by atoms with Crippen molar-refractivity contribution in [1.82, 2.24) is 14.8 Å². The number of hydrogen-bond donors (Lipinski definition) is 1. The van der Waals surface area contributed by atoms with Crippen LogP contribution in [0.5, 0.6) is 5.75 Å². The second kappa shape index (κ2) is 9.32. The lowest BCUT2D eigenvalue weighted by Crippen LogP contribution is -2.12. The molecule has 0 saturated carbocycles. The molecule has 0 aliphatic carbocycles. The molecule has 0 aliphatic rings. The molecule has 0 fully saturated rings. The molecule has 0 radical (unpaired) electrons. The Morgan fingerprint density at radius 1 is 1.19 bits per heavy atom. The van der Waals surface area contributed by atoms with Crippen molar-refractivity contribution >= 4 is 39.4 Å². The highest BCUT2D eigenvalue weighted by Gasteiger charge is 2.14. The van der Waals surface area contributed by atoms with E-state index in [1.165, 1.54) is 23.1 Å². The van der Waals surface area contributed by atoms with E-state index in [9.17, 15) is 9.18 Å². The topological polar surface area (TPSA) is 82.2 Å². The van der Waals surface area contributed by atoms with Crippen molar-refractivity contribution in [2.45, 2.75) is 13.2 Å². The Morgan fingerprint density at radius 3 is 2.77 bits per heavy atom. The average molecular weight is 506 g/mol. The van der Waals surface area contributed by atoms with Gasteiger partial charge in [-0.15, -0.1) is 5.10 Å². The maximum absolute atomic E-state index is 13.2. The van der Waals surface area contributed by atoms with Gasteiger partial charge in [-0.1, -0.05) is 33.6 Å². The van der Waals surface area contributed by atoms with Crippen molar-refractivity contribution in [1.29, 1.82) is 0 Å². The van der Waals surface area contributed by atoms with E-state index in [2.05, 4.69) is 31.3 Å². The summed E-state index contributed by atoms with van der Waals surface area (Å²) in [7, 11) is 0. The van der Waals surface area contributed by atoms with Crippen LogP contribution in [-0.4, -0.2) is 20.7 Å². The first-order valence-electron chi connectivity index (χ1n) is 9.08. The van der Waals surface area contributed by atoms with Crippen molar-refractivity contribution < 1.29 is 18.3 Å². The first kappa shape index (κ1) is 21.1. The fourth-order valence-electron chi connectivity index (χ4n) is 2.68. The smallest absolute Gasteiger partial charge is 0.293 e. The normalized spacial score (nSPS) is 10.8. The molecule has 2 aromatic carbocycles. The molecule has 0 aliphatic heterocycles. The van der Waals surface area contributed by atoms with Gasteiger partial charge in [-0.25, -0.2) is 14.1 Å². The van der Waals surface area contributed by atoms with Crippen LogP contribution in [0.2, 0.25) is 5.02 Å². The Morgan fingerprint density at radius 2 is 2.00 bits per heavy atom. The van der Waals surface area contributed by atoms with Crippen LogP contribution in [0, 0.1) is 5.82 Å². The van der Waals surface area contributed by atoms with Gasteiger partial charge in [-0.3, -0.25) is 10.1 Å². The molecular formula is C21H15BrClFN4O3. The van der Waals surface area contributed by atoms with Crippen LogP contribution in [0.25, 0.3) is 0 Å². The van der Waals surface area contributed by atoms with Crippen LogP contribution in [0.1, 0.15) is 21.9 Å². The molecule has 4 aromatic rings. The van der Waals surface area contributed by atoms with Crippen LogP contribution >= 0.6 is 27.5 Å². The van der Waals surface area contributed by atoms with Gasteiger partial charge < -0.3 is 9.15 Å². The summed E-state index contributed by atoms with van der Waals surface area (Å²) in [5.74, 6) is 0.478. The van der Waals surface area contributed by atoms with Gasteiger partial charge in [0, 0.05) is 9.50 Å². The zero-order valence-electron chi connectivity index (χ0n) is 15.9. The molecule has 0 unspecified atom stereocenters. The zero-order valence-corrected chi connectivity index (χ0v) is 18.2. The number of amides is 1. The molecule has 2 aromatic heterocycles. The number of benzene rings is 2. The van der Waals surface area contributed by atoms with Gasteiger partial charge in [0.05, 0.1) is 6.54 Å². The number of carbonyl (C=O) groups excluding carboxylic acids is 1. The zero-order chi connectivity index (χ0) is 21.8. The fourth-order valence-corrected chi connectivity index (χ4v) is 3.17. The van der Waals surface area contributed by atoms with E-state index >= 15 is 0 Å². The molecule has 0 bridgehead atoms. The minimum atomic E-state index is -0.493. The lowest BCUT2D eigenvalue weighted by Gasteiger charge is -2.04. The molecule has 4 rings (SSSR count). The Balaban J connectivity index is 1.34. The Labute approximate surface area is 189 Å². The van der Waals surface area contributed by atoms with Crippen LogP contribution in [-0.2, 0) is 13.2 Å². The number of halogens is 3. The monoisotopic (exact) mass is 504 g/mol. The molecule has 0 spiro atoms. The third-order valence-electron chi connectivity index (χ3n) is 4.19. The second-order valence-electron chi connectivity index (χ2n) is 6.46. The van der Waals surface area contributed by atoms with E-state index in [1.807, 2.05) is 24.3 Å². The molecule has 0 saturated heterocycles. The number of anilines is 1. The first-order valence-corrected chi connectivity index (χ1v) is 10.3. The van der Waals surface area contributed by atoms with Gasteiger partial charge in [-0.2, -0.15) is 0 Å². The summed E-state index contributed by atoms with van der Waals surface area (Å²) in [6.45, 7) is 0.459. The maximum atomic E-state index is 13.2. The van der Waals surface area contributed by atoms with Gasteiger partial charge in [0.15, 0.2) is 5.76 Å². The summed E-state index contributed by atoms with van der Waals surface area (Å²) in [5.41, 5.74) is 0.673. The molecule has 7 nitrogen and oxygen atoms in total. The predicted octanol–water partition coefficient (Wildman–Crippen LogP) is 5.31. The third kappa shape index (κ3) is 5.50. The molecule has 31 heavy (non-hydrogen) atoms. The van der Waals surface area contributed by atoms with Gasteiger partial charge in [0.1, 0.15) is 30.3 Å². The van der Waals surface area contributed by atoms with Crippen molar-refractivity contribution in [2.75, 3.05) is 5.32 Å². The van der Waals surface area contributed by atoms with Crippen LogP contribution in [0.3, 0.4) is 0 Å². The summed E-state index contributed by atoms with van der Waals surface area (Å²) in [5, 5.41) is 7.03. The van der Waals surface area contributed by atoms with E-state index < -0.39 is 11.7 Å². The largest absolute Gasteiger partial charge is 0.486 e. The van der Waals surface area contributed by atoms with Crippen molar-refractivity contribution in [3.8, 4) is 5.75 Å². The summed E-state index contributed by atoms with van der Waals surface area (Å²) in [6, 6.07) is 14.7. The number of furan rings is 1. The number of rotatable bonds is 7. The number of nitrogens with zero attached hydrogens (tertiary/aromatic N) is 3. The van der Waals surface area contributed by atoms with Crippen LogP contribution in [0.4, 0.5) is 10.3 Å². The molecule has 10 heteroatoms. The minimum absolute atomic E-state index is 0.104. The molecule has 2 heterocycles. The minimum Gasteiger partial charge on any atom is -0.486 e. The maximum Gasteiger partial charge on any atom is 0.293 e. The first-order chi connectivity index (χ1) is 15.0. The summed E-state index contributed by atoms with van der Waals surface area (Å²) < 4.78 is 26.8. The quantitative estimate of drug-likeness (QED) is 0.368. The van der Waals surface area contributed by atoms with E-state index in [0.29, 0.717) is 17.1 Å². The van der Waals surface area contributed by atoms with E-state index in [0.717, 1.165) is 4.47 Å². The van der Waals surface area contributed by atoms with Gasteiger partial charge in [0.2, 0.25) is 5.95 Å². The van der Waals surface area contributed by atoms with Gasteiger partial charge >= 0.3 is 0 Å². The molecule has 1 amide bonds. The Bertz CT molecular complexity index is 1210. The highest BCUT2D eigenvalue weighted by molar-refractivity contribution is 9.10. The number of carbonyl (C=O) groups is 1. The SMILES string of the molecule is O=C(Nc1ncn(Cc2ccc(F)cc2Cl)n1)c1ccc(COc2ccc(Br)cc2)o1. The number of hydrogen-bond acceptors (Lipinski definition) is 5. The van der Waals surface area contributed by atoms with Crippen molar-refractivity contribution in [3.63, 3.8) is 0 Å². The molecule has 158 valence electrons. The summed E-state index contributed by atoms with van der Waals surface area (Å²) in [4.78, 5) is 16.4. The summed E-state index contributed by atoms with van der Waals surface area (Å²) in [6.07, 6.45) is 1.44. The lowest BCUT2D eigenvalue weighted by atomic mass is 10.2. The van der Waals surface area contributed by atoms with Crippen LogP contribution in [0.15, 0.2) is 69.8 Å². The third-order valence-corrected chi connectivity index (χ3v) is 5.07. The predicted molar refractivity (Wildman–Crippen MR) is 116 cm³/mol. The highest BCUT2D eigenvalue weighted by Crippen LogP contribution is 2.19. The number of aromatic nitrogens is 3. The van der Waals surface area contributed by atoms with Gasteiger partial charge in [-0.05, 0) is 54.1 Å².